The second-order valence-corrected chi connectivity index (χ2v) is 7.42. The van der Waals surface area contributed by atoms with E-state index in [9.17, 15) is 9.70 Å². The maximum absolute atomic E-state index is 11.8. The van der Waals surface area contributed by atoms with Crippen molar-refractivity contribution in [3.05, 3.63) is 59.9 Å². The maximum atomic E-state index is 11.8. The van der Waals surface area contributed by atoms with E-state index in [0.29, 0.717) is 0 Å². The minimum Gasteiger partial charge on any atom is -0.267 e. The quantitative estimate of drug-likeness (QED) is 0.519. The van der Waals surface area contributed by atoms with Crippen molar-refractivity contribution >= 4 is 28.6 Å². The molecule has 1 aromatic carbocycles. The molecule has 0 N–H and O–H groups in total. The minimum absolute atomic E-state index is 0.685. The van der Waals surface area contributed by atoms with Gasteiger partial charge in [0, 0.05) is 39.6 Å². The Kier molecular flexibility index (Phi) is 4.40. The van der Waals surface area contributed by atoms with Crippen LogP contribution in [0.25, 0.3) is 22.0 Å². The average molecular weight is 337 g/mol. The van der Waals surface area contributed by atoms with Crippen LogP contribution in [-0.2, 0) is 4.79 Å². The molecule has 0 spiro atoms. The normalized spacial score (nSPS) is 11.4. The molecule has 0 fully saturated rings. The first kappa shape index (κ1) is 16.3. The topological polar surface area (TPSA) is 72.3 Å². The molecule has 2 aromatic heterocycles. The highest BCUT2D eigenvalue weighted by molar-refractivity contribution is 8.01. The van der Waals surface area contributed by atoms with Gasteiger partial charge in [0.05, 0.1) is 10.3 Å². The number of carbonyl (C=O) groups excluding carboxylic acids is 1. The summed E-state index contributed by atoms with van der Waals surface area (Å²) < 4.78 is -0.944. The number of para-hydroxylation sites is 1. The number of hydrogen-bond acceptors (Lipinski definition) is 5. The highest BCUT2D eigenvalue weighted by atomic mass is 32.2. The molecule has 2 heterocycles. The number of pyridine rings is 2. The van der Waals surface area contributed by atoms with E-state index in [-0.39, 0.29) is 0 Å². The Morgan fingerprint density at radius 3 is 2.67 bits per heavy atom. The van der Waals surface area contributed by atoms with Crippen molar-refractivity contribution in [2.45, 2.75) is 23.5 Å². The number of thioether (sulfide) groups is 1. The first-order valence-corrected chi connectivity index (χ1v) is 8.19. The predicted octanol–water partition coefficient (Wildman–Crippen LogP) is 4.46. The fourth-order valence-corrected chi connectivity index (χ4v) is 3.51. The van der Waals surface area contributed by atoms with E-state index in [2.05, 4.69) is 15.1 Å². The number of rotatable bonds is 4. The molecule has 120 valence electrons. The average Bonchev–Trinajstić information content (AvgIpc) is 2.60. The van der Waals surface area contributed by atoms with Crippen LogP contribution >= 0.6 is 11.8 Å². The SMILES string of the molecule is CC(C)(Sc1ccncc1-c1ccnc2ccccc12)C(=O)N=O. The molecule has 5 nitrogen and oxygen atoms in total. The van der Waals surface area contributed by atoms with Gasteiger partial charge in [0.1, 0.15) is 0 Å². The van der Waals surface area contributed by atoms with E-state index in [1.807, 2.05) is 36.4 Å². The molecule has 0 aliphatic carbocycles. The van der Waals surface area contributed by atoms with Gasteiger partial charge in [-0.3, -0.25) is 14.8 Å². The Morgan fingerprint density at radius 1 is 1.08 bits per heavy atom. The Morgan fingerprint density at radius 2 is 1.88 bits per heavy atom. The number of nitroso groups, excluding NO2 is 1. The van der Waals surface area contributed by atoms with E-state index >= 15 is 0 Å². The van der Waals surface area contributed by atoms with Gasteiger partial charge in [-0.25, -0.2) is 0 Å². The fraction of sp³-hybridized carbons (Fsp3) is 0.167. The number of carbonyl (C=O) groups is 1. The Hall–Kier alpha value is -2.60. The van der Waals surface area contributed by atoms with Gasteiger partial charge in [-0.1, -0.05) is 18.2 Å². The molecule has 0 saturated carbocycles. The summed E-state index contributed by atoms with van der Waals surface area (Å²) in [5, 5.41) is 3.58. The summed E-state index contributed by atoms with van der Waals surface area (Å²) in [6.45, 7) is 3.38. The zero-order valence-electron chi connectivity index (χ0n) is 13.3. The summed E-state index contributed by atoms with van der Waals surface area (Å²) in [6.07, 6.45) is 5.19. The highest BCUT2D eigenvalue weighted by Gasteiger charge is 2.31. The van der Waals surface area contributed by atoms with Crippen LogP contribution < -0.4 is 0 Å². The lowest BCUT2D eigenvalue weighted by molar-refractivity contribution is -0.119. The monoisotopic (exact) mass is 337 g/mol. The fourth-order valence-electron chi connectivity index (χ4n) is 2.43. The maximum Gasteiger partial charge on any atom is 0.302 e. The largest absolute Gasteiger partial charge is 0.302 e. The Labute approximate surface area is 143 Å². The Bertz CT molecular complexity index is 920. The van der Waals surface area contributed by atoms with Crippen molar-refractivity contribution in [3.8, 4) is 11.1 Å². The van der Waals surface area contributed by atoms with Crippen molar-refractivity contribution in [2.24, 2.45) is 5.18 Å². The van der Waals surface area contributed by atoms with Gasteiger partial charge < -0.3 is 0 Å². The van der Waals surface area contributed by atoms with E-state index in [1.54, 1.807) is 32.4 Å². The first-order valence-electron chi connectivity index (χ1n) is 7.38. The van der Waals surface area contributed by atoms with Crippen molar-refractivity contribution in [1.82, 2.24) is 9.97 Å². The molecule has 0 atom stereocenters. The van der Waals surface area contributed by atoms with Gasteiger partial charge in [-0.15, -0.1) is 16.7 Å². The molecule has 3 rings (SSSR count). The van der Waals surface area contributed by atoms with Crippen molar-refractivity contribution in [1.29, 1.82) is 0 Å². The summed E-state index contributed by atoms with van der Waals surface area (Å²) in [5.74, 6) is -0.685. The molecule has 0 saturated heterocycles. The van der Waals surface area contributed by atoms with Crippen LogP contribution in [0.2, 0.25) is 0 Å². The minimum atomic E-state index is -0.944. The number of amides is 1. The van der Waals surface area contributed by atoms with Crippen LogP contribution in [0.1, 0.15) is 13.8 Å². The van der Waals surface area contributed by atoms with Gasteiger partial charge in [0.2, 0.25) is 0 Å². The molecule has 0 bridgehead atoms. The smallest absolute Gasteiger partial charge is 0.267 e. The van der Waals surface area contributed by atoms with Crippen LogP contribution in [0.3, 0.4) is 0 Å². The van der Waals surface area contributed by atoms with E-state index in [1.165, 1.54) is 11.8 Å². The van der Waals surface area contributed by atoms with Crippen molar-refractivity contribution < 1.29 is 4.79 Å². The zero-order chi connectivity index (χ0) is 17.2. The van der Waals surface area contributed by atoms with Crippen LogP contribution in [0.4, 0.5) is 0 Å². The third kappa shape index (κ3) is 3.05. The third-order valence-corrected chi connectivity index (χ3v) is 4.94. The van der Waals surface area contributed by atoms with Crippen LogP contribution in [0, 0.1) is 4.91 Å². The summed E-state index contributed by atoms with van der Waals surface area (Å²) in [4.78, 5) is 31.9. The standard InChI is InChI=1S/C18H15N3O2S/c1-18(2,17(22)21-23)24-16-8-9-19-11-14(16)12-7-10-20-15-6-4-3-5-13(12)15/h3-11H,1-2H3. The lowest BCUT2D eigenvalue weighted by Crippen LogP contribution is -2.25. The van der Waals surface area contributed by atoms with Crippen LogP contribution in [0.15, 0.2) is 65.1 Å². The van der Waals surface area contributed by atoms with Gasteiger partial charge >= 0.3 is 5.91 Å². The Balaban J connectivity index is 2.13. The lowest BCUT2D eigenvalue weighted by atomic mass is 10.0. The molecule has 0 radical (unpaired) electrons. The number of hydrogen-bond donors (Lipinski definition) is 0. The second-order valence-electron chi connectivity index (χ2n) is 5.76. The molecule has 1 amide bonds. The summed E-state index contributed by atoms with van der Waals surface area (Å²) >= 11 is 1.30. The molecular weight excluding hydrogens is 322 g/mol. The van der Waals surface area contributed by atoms with Gasteiger partial charge in [0.25, 0.3) is 0 Å². The van der Waals surface area contributed by atoms with Crippen molar-refractivity contribution in [3.63, 3.8) is 0 Å². The van der Waals surface area contributed by atoms with Crippen LogP contribution in [0.5, 0.6) is 0 Å². The number of benzene rings is 1. The van der Waals surface area contributed by atoms with Gasteiger partial charge in [0.15, 0.2) is 0 Å². The molecule has 0 unspecified atom stereocenters. The molecule has 3 aromatic rings. The molecule has 0 aliphatic heterocycles. The molecule has 24 heavy (non-hydrogen) atoms. The van der Waals surface area contributed by atoms with E-state index in [0.717, 1.165) is 26.9 Å². The highest BCUT2D eigenvalue weighted by Crippen LogP contribution is 2.40. The number of fused-ring (bicyclic) bond motifs is 1. The lowest BCUT2D eigenvalue weighted by Gasteiger charge is -2.20. The second kappa shape index (κ2) is 6.49. The van der Waals surface area contributed by atoms with Gasteiger partial charge in [-0.05, 0) is 37.6 Å². The number of aromatic nitrogens is 2. The summed E-state index contributed by atoms with van der Waals surface area (Å²) in [6, 6.07) is 11.6. The van der Waals surface area contributed by atoms with E-state index < -0.39 is 10.7 Å². The predicted molar refractivity (Wildman–Crippen MR) is 95.7 cm³/mol. The van der Waals surface area contributed by atoms with Crippen molar-refractivity contribution in [2.75, 3.05) is 0 Å². The van der Waals surface area contributed by atoms with Gasteiger partial charge in [-0.2, -0.15) is 0 Å². The summed E-state index contributed by atoms with van der Waals surface area (Å²) in [7, 11) is 0. The summed E-state index contributed by atoms with van der Waals surface area (Å²) in [5.41, 5.74) is 2.77. The molecule has 6 heteroatoms. The first-order chi connectivity index (χ1) is 11.5. The van der Waals surface area contributed by atoms with Crippen LogP contribution in [-0.4, -0.2) is 20.6 Å². The number of nitrogens with zero attached hydrogens (tertiary/aromatic N) is 3. The molecular formula is C18H15N3O2S. The zero-order valence-corrected chi connectivity index (χ0v) is 14.1. The molecule has 0 aliphatic rings. The van der Waals surface area contributed by atoms with E-state index in [4.69, 9.17) is 0 Å². The third-order valence-electron chi connectivity index (χ3n) is 3.68.